The molecule has 1 aliphatic heterocycles. The molecule has 2 aromatic rings. The number of carbonyl (C=O) groups excluding carboxylic acids is 1. The molecule has 0 unspecified atom stereocenters. The molecular weight excluding hydrogens is 366 g/mol. The van der Waals surface area contributed by atoms with E-state index in [4.69, 9.17) is 9.47 Å². The highest BCUT2D eigenvalue weighted by Gasteiger charge is 2.26. The summed E-state index contributed by atoms with van der Waals surface area (Å²) in [5.41, 5.74) is 1.33. The molecule has 1 aliphatic rings. The highest BCUT2D eigenvalue weighted by Crippen LogP contribution is 2.18. The zero-order chi connectivity index (χ0) is 19.1. The molecule has 3 rings (SSSR count). The molecule has 0 N–H and O–H groups in total. The number of carbonyl (C=O) groups is 1. The average molecular weight is 387 g/mol. The fourth-order valence-corrected chi connectivity index (χ4v) is 4.06. The van der Waals surface area contributed by atoms with Crippen LogP contribution in [0.25, 0.3) is 6.08 Å². The molecule has 2 aromatic carbocycles. The van der Waals surface area contributed by atoms with Crippen molar-refractivity contribution in [2.24, 2.45) is 0 Å². The molecule has 142 valence electrons. The van der Waals surface area contributed by atoms with E-state index < -0.39 is 16.0 Å². The van der Waals surface area contributed by atoms with Crippen molar-refractivity contribution in [1.82, 2.24) is 4.31 Å². The summed E-state index contributed by atoms with van der Waals surface area (Å²) in [6.45, 7) is 1.58. The molecular formula is C20H21NO5S. The molecule has 1 fully saturated rings. The topological polar surface area (TPSA) is 72.9 Å². The first-order valence-corrected chi connectivity index (χ1v) is 10.1. The number of nitrogens with zero attached hydrogens (tertiary/aromatic N) is 1. The van der Waals surface area contributed by atoms with Gasteiger partial charge >= 0.3 is 5.97 Å². The number of rotatable bonds is 6. The Morgan fingerprint density at radius 3 is 2.37 bits per heavy atom. The molecule has 0 atom stereocenters. The summed E-state index contributed by atoms with van der Waals surface area (Å²) in [6.07, 6.45) is 3.62. The predicted molar refractivity (Wildman–Crippen MR) is 102 cm³/mol. The Morgan fingerprint density at radius 2 is 1.70 bits per heavy atom. The second kappa shape index (κ2) is 8.94. The lowest BCUT2D eigenvalue weighted by molar-refractivity contribution is 0.0550. The highest BCUT2D eigenvalue weighted by atomic mass is 32.2. The van der Waals surface area contributed by atoms with Gasteiger partial charge in [0.25, 0.3) is 0 Å². The van der Waals surface area contributed by atoms with Gasteiger partial charge in [0.1, 0.15) is 6.61 Å². The van der Waals surface area contributed by atoms with Gasteiger partial charge in [0.2, 0.25) is 10.0 Å². The minimum atomic E-state index is -3.57. The van der Waals surface area contributed by atoms with Crippen LogP contribution in [0.3, 0.4) is 0 Å². The molecule has 6 nitrogen and oxygen atoms in total. The first kappa shape index (κ1) is 19.3. The molecule has 0 bridgehead atoms. The van der Waals surface area contributed by atoms with Gasteiger partial charge in [-0.2, -0.15) is 4.31 Å². The van der Waals surface area contributed by atoms with Crippen molar-refractivity contribution in [3.05, 3.63) is 71.8 Å². The van der Waals surface area contributed by atoms with Crippen molar-refractivity contribution >= 4 is 22.1 Å². The third kappa shape index (κ3) is 5.03. The van der Waals surface area contributed by atoms with Gasteiger partial charge in [0, 0.05) is 13.1 Å². The summed E-state index contributed by atoms with van der Waals surface area (Å²) in [6, 6.07) is 15.5. The maximum Gasteiger partial charge on any atom is 0.338 e. The number of hydrogen-bond acceptors (Lipinski definition) is 5. The van der Waals surface area contributed by atoms with Gasteiger partial charge in [0.05, 0.1) is 23.7 Å². The zero-order valence-electron chi connectivity index (χ0n) is 14.8. The largest absolute Gasteiger partial charge is 0.458 e. The van der Waals surface area contributed by atoms with Crippen LogP contribution in [0, 0.1) is 0 Å². The number of hydrogen-bond donors (Lipinski definition) is 0. The predicted octanol–water partition coefficient (Wildman–Crippen LogP) is 2.58. The molecule has 0 aliphatic carbocycles. The Morgan fingerprint density at radius 1 is 1.04 bits per heavy atom. The maximum absolute atomic E-state index is 12.6. The summed E-state index contributed by atoms with van der Waals surface area (Å²) in [5, 5.41) is 0. The lowest BCUT2D eigenvalue weighted by Gasteiger charge is -2.26. The minimum absolute atomic E-state index is 0.140. The van der Waals surface area contributed by atoms with Crippen LogP contribution in [0.5, 0.6) is 0 Å². The van der Waals surface area contributed by atoms with Crippen LogP contribution < -0.4 is 0 Å². The molecule has 0 amide bonds. The second-order valence-corrected chi connectivity index (χ2v) is 7.89. The van der Waals surface area contributed by atoms with E-state index >= 15 is 0 Å². The fourth-order valence-electron chi connectivity index (χ4n) is 2.65. The van der Waals surface area contributed by atoms with Crippen molar-refractivity contribution in [3.63, 3.8) is 0 Å². The first-order valence-electron chi connectivity index (χ1n) is 8.64. The van der Waals surface area contributed by atoms with Crippen LogP contribution in [0.4, 0.5) is 0 Å². The fraction of sp³-hybridized carbons (Fsp3) is 0.250. The summed E-state index contributed by atoms with van der Waals surface area (Å²) < 4.78 is 36.9. The van der Waals surface area contributed by atoms with Gasteiger partial charge in [-0.3, -0.25) is 0 Å². The lowest BCUT2D eigenvalue weighted by Crippen LogP contribution is -2.40. The summed E-state index contributed by atoms with van der Waals surface area (Å²) in [4.78, 5) is 12.2. The monoisotopic (exact) mass is 387 g/mol. The lowest BCUT2D eigenvalue weighted by atomic mass is 10.2. The van der Waals surface area contributed by atoms with Gasteiger partial charge in [-0.05, 0) is 35.9 Å². The number of sulfonamides is 1. The Balaban J connectivity index is 1.58. The average Bonchev–Trinajstić information content (AvgIpc) is 2.72. The van der Waals surface area contributed by atoms with Crippen molar-refractivity contribution in [2.75, 3.05) is 32.9 Å². The molecule has 0 aromatic heterocycles. The number of ether oxygens (including phenoxy) is 2. The third-order valence-electron chi connectivity index (χ3n) is 4.12. The van der Waals surface area contributed by atoms with E-state index in [9.17, 15) is 13.2 Å². The van der Waals surface area contributed by atoms with E-state index in [2.05, 4.69) is 0 Å². The number of morpholine rings is 1. The van der Waals surface area contributed by atoms with E-state index in [1.807, 2.05) is 36.4 Å². The normalized spacial score (nSPS) is 15.7. The Bertz CT molecular complexity index is 886. The summed E-state index contributed by atoms with van der Waals surface area (Å²) in [7, 11) is -3.57. The van der Waals surface area contributed by atoms with E-state index in [1.54, 1.807) is 6.08 Å². The molecule has 27 heavy (non-hydrogen) atoms. The van der Waals surface area contributed by atoms with Crippen molar-refractivity contribution in [1.29, 1.82) is 0 Å². The Kier molecular flexibility index (Phi) is 6.39. The minimum Gasteiger partial charge on any atom is -0.458 e. The van der Waals surface area contributed by atoms with Gasteiger partial charge in [-0.25, -0.2) is 13.2 Å². The van der Waals surface area contributed by atoms with Gasteiger partial charge in [-0.1, -0.05) is 36.4 Å². The quantitative estimate of drug-likeness (QED) is 0.713. The molecule has 1 heterocycles. The van der Waals surface area contributed by atoms with E-state index in [-0.39, 0.29) is 11.5 Å². The smallest absolute Gasteiger partial charge is 0.338 e. The van der Waals surface area contributed by atoms with Crippen LogP contribution in [0.15, 0.2) is 65.6 Å². The van der Waals surface area contributed by atoms with Crippen LogP contribution in [0.2, 0.25) is 0 Å². The third-order valence-corrected chi connectivity index (χ3v) is 6.03. The van der Waals surface area contributed by atoms with Crippen molar-refractivity contribution < 1.29 is 22.7 Å². The summed E-state index contributed by atoms with van der Waals surface area (Å²) in [5.74, 6) is -0.497. The van der Waals surface area contributed by atoms with Gasteiger partial charge in [-0.15, -0.1) is 0 Å². The van der Waals surface area contributed by atoms with E-state index in [0.29, 0.717) is 31.9 Å². The summed E-state index contributed by atoms with van der Waals surface area (Å²) >= 11 is 0. The van der Waals surface area contributed by atoms with Crippen LogP contribution in [-0.2, 0) is 19.5 Å². The zero-order valence-corrected chi connectivity index (χ0v) is 15.6. The number of benzene rings is 2. The Hall–Kier alpha value is -2.48. The number of esters is 1. The standard InChI is InChI=1S/C20H21NO5S/c22-20(26-14-4-7-17-5-2-1-3-6-17)18-8-10-19(11-9-18)27(23,24)21-12-15-25-16-13-21/h1-11H,12-16H2/b7-4+. The molecule has 0 radical (unpaired) electrons. The molecule has 7 heteroatoms. The first-order chi connectivity index (χ1) is 13.1. The van der Waals surface area contributed by atoms with Crippen molar-refractivity contribution in [2.45, 2.75) is 4.90 Å². The molecule has 0 saturated carbocycles. The molecule has 0 spiro atoms. The SMILES string of the molecule is O=C(OC/C=C/c1ccccc1)c1ccc(S(=O)(=O)N2CCOCC2)cc1. The van der Waals surface area contributed by atoms with Crippen LogP contribution >= 0.6 is 0 Å². The van der Waals surface area contributed by atoms with Crippen LogP contribution in [0.1, 0.15) is 15.9 Å². The Labute approximate surface area is 159 Å². The van der Waals surface area contributed by atoms with E-state index in [1.165, 1.54) is 28.6 Å². The van der Waals surface area contributed by atoms with Crippen molar-refractivity contribution in [3.8, 4) is 0 Å². The second-order valence-electron chi connectivity index (χ2n) is 5.95. The maximum atomic E-state index is 12.6. The van der Waals surface area contributed by atoms with Crippen LogP contribution in [-0.4, -0.2) is 51.6 Å². The van der Waals surface area contributed by atoms with Gasteiger partial charge < -0.3 is 9.47 Å². The highest BCUT2D eigenvalue weighted by molar-refractivity contribution is 7.89. The van der Waals surface area contributed by atoms with Gasteiger partial charge in [0.15, 0.2) is 0 Å². The molecule has 1 saturated heterocycles. The van der Waals surface area contributed by atoms with E-state index in [0.717, 1.165) is 5.56 Å².